The van der Waals surface area contributed by atoms with E-state index in [1.807, 2.05) is 0 Å². The van der Waals surface area contributed by atoms with Gasteiger partial charge in [-0.2, -0.15) is 0 Å². The minimum absolute atomic E-state index is 0.290. The van der Waals surface area contributed by atoms with Crippen LogP contribution in [-0.2, 0) is 0 Å². The Morgan fingerprint density at radius 1 is 1.07 bits per heavy atom. The van der Waals surface area contributed by atoms with Crippen LogP contribution in [0.15, 0.2) is 23.3 Å². The van der Waals surface area contributed by atoms with Crippen molar-refractivity contribution in [3.05, 3.63) is 23.3 Å². The van der Waals surface area contributed by atoms with E-state index in [1.54, 1.807) is 0 Å². The molecule has 0 aromatic heterocycles. The largest absolute Gasteiger partial charge is 0.0882 e. The summed E-state index contributed by atoms with van der Waals surface area (Å²) < 4.78 is 0. The minimum Gasteiger partial charge on any atom is -0.0882 e. The maximum Gasteiger partial charge on any atom is 0.0758 e. The predicted molar refractivity (Wildman–Crippen MR) is 69.3 cm³/mol. The van der Waals surface area contributed by atoms with Crippen molar-refractivity contribution in [3.63, 3.8) is 0 Å². The Labute approximate surface area is 96.3 Å². The zero-order chi connectivity index (χ0) is 11.1. The van der Waals surface area contributed by atoms with Gasteiger partial charge in [0.1, 0.15) is 0 Å². The van der Waals surface area contributed by atoms with Crippen LogP contribution in [0.4, 0.5) is 0 Å². The fourth-order valence-corrected chi connectivity index (χ4v) is 2.05. The van der Waals surface area contributed by atoms with Crippen LogP contribution in [-0.4, -0.2) is 7.85 Å². The molecule has 1 aliphatic carbocycles. The van der Waals surface area contributed by atoms with Crippen molar-refractivity contribution in [2.45, 2.75) is 64.6 Å². The van der Waals surface area contributed by atoms with Crippen molar-refractivity contribution in [1.29, 1.82) is 0 Å². The molecule has 0 aromatic rings. The second kappa shape index (κ2) is 6.92. The molecule has 1 atom stereocenters. The van der Waals surface area contributed by atoms with Gasteiger partial charge in [0, 0.05) is 0 Å². The highest BCUT2D eigenvalue weighted by Gasteiger charge is 2.06. The van der Waals surface area contributed by atoms with Crippen LogP contribution in [0.3, 0.4) is 0 Å². The molecule has 15 heavy (non-hydrogen) atoms. The molecule has 2 radical (unpaired) electrons. The van der Waals surface area contributed by atoms with E-state index in [9.17, 15) is 0 Å². The molecule has 0 aliphatic heterocycles. The lowest BCUT2D eigenvalue weighted by atomic mass is 9.75. The Kier molecular flexibility index (Phi) is 5.82. The van der Waals surface area contributed by atoms with Crippen molar-refractivity contribution >= 4 is 7.85 Å². The Balaban J connectivity index is 2.61. The van der Waals surface area contributed by atoms with Gasteiger partial charge in [0.15, 0.2) is 0 Å². The highest BCUT2D eigenvalue weighted by atomic mass is 14.1. The van der Waals surface area contributed by atoms with E-state index in [0.717, 1.165) is 12.8 Å². The number of hydrogen-bond donors (Lipinski definition) is 0. The molecule has 0 saturated heterocycles. The molecule has 0 saturated carbocycles. The number of hydrogen-bond acceptors (Lipinski definition) is 0. The molecule has 0 amide bonds. The van der Waals surface area contributed by atoms with Crippen LogP contribution in [0.25, 0.3) is 0 Å². The first-order chi connectivity index (χ1) is 7.22. The summed E-state index contributed by atoms with van der Waals surface area (Å²) in [5.41, 5.74) is 2.86. The Hall–Kier alpha value is -0.455. The third kappa shape index (κ3) is 4.73. The highest BCUT2D eigenvalue weighted by Crippen LogP contribution is 2.26. The number of rotatable bonds is 0. The van der Waals surface area contributed by atoms with E-state index in [4.69, 9.17) is 7.85 Å². The van der Waals surface area contributed by atoms with Crippen molar-refractivity contribution in [3.8, 4) is 0 Å². The SMILES string of the molecule is [B]C1CCCCCC/C=C\CC(C)=C1C. The first-order valence-corrected chi connectivity index (χ1v) is 6.28. The predicted octanol–water partition coefficient (Wildman–Crippen LogP) is 4.58. The molecule has 0 nitrogen and oxygen atoms in total. The van der Waals surface area contributed by atoms with Crippen LogP contribution in [0, 0.1) is 0 Å². The Morgan fingerprint density at radius 3 is 2.60 bits per heavy atom. The first kappa shape index (κ1) is 12.6. The average Bonchev–Trinajstić information content (AvgIpc) is 2.23. The van der Waals surface area contributed by atoms with Crippen molar-refractivity contribution in [1.82, 2.24) is 0 Å². The summed E-state index contributed by atoms with van der Waals surface area (Å²) in [5, 5.41) is 0. The van der Waals surface area contributed by atoms with E-state index >= 15 is 0 Å². The van der Waals surface area contributed by atoms with Gasteiger partial charge >= 0.3 is 0 Å². The molecule has 0 N–H and O–H groups in total. The molecular weight excluding hydrogens is 179 g/mol. The molecule has 1 rings (SSSR count). The van der Waals surface area contributed by atoms with Gasteiger partial charge in [-0.05, 0) is 33.1 Å². The first-order valence-electron chi connectivity index (χ1n) is 6.28. The van der Waals surface area contributed by atoms with E-state index in [-0.39, 0.29) is 5.82 Å². The standard InChI is InChI=1S/C14H23B/c1-12-10-8-6-4-3-5-7-9-11-14(15)13(12)2/h6,8,14H,3-5,7,9-11H2,1-2H3/b8-6-,13-12?. The lowest BCUT2D eigenvalue weighted by Gasteiger charge is -2.16. The average molecular weight is 202 g/mol. The highest BCUT2D eigenvalue weighted by molar-refractivity contribution is 6.13. The lowest BCUT2D eigenvalue weighted by Crippen LogP contribution is -1.98. The molecule has 82 valence electrons. The third-order valence-corrected chi connectivity index (χ3v) is 3.46. The van der Waals surface area contributed by atoms with Gasteiger partial charge < -0.3 is 0 Å². The van der Waals surface area contributed by atoms with Crippen molar-refractivity contribution in [2.24, 2.45) is 0 Å². The zero-order valence-corrected chi connectivity index (χ0v) is 10.3. The second-order valence-electron chi connectivity index (χ2n) is 4.74. The zero-order valence-electron chi connectivity index (χ0n) is 10.3. The van der Waals surface area contributed by atoms with Crippen LogP contribution in [0.2, 0.25) is 5.82 Å². The van der Waals surface area contributed by atoms with Gasteiger partial charge in [-0.15, -0.1) is 0 Å². The normalized spacial score (nSPS) is 28.0. The quantitative estimate of drug-likeness (QED) is 0.398. The third-order valence-electron chi connectivity index (χ3n) is 3.46. The summed E-state index contributed by atoms with van der Waals surface area (Å²) in [6.07, 6.45) is 13.4. The Bertz CT molecular complexity index is 238. The van der Waals surface area contributed by atoms with Gasteiger partial charge in [-0.1, -0.05) is 54.8 Å². The van der Waals surface area contributed by atoms with Gasteiger partial charge in [-0.3, -0.25) is 0 Å². The molecule has 1 aliphatic rings. The summed E-state index contributed by atoms with van der Waals surface area (Å²) in [6, 6.07) is 0. The second-order valence-corrected chi connectivity index (χ2v) is 4.74. The maximum atomic E-state index is 6.17. The van der Waals surface area contributed by atoms with Crippen LogP contribution < -0.4 is 0 Å². The molecule has 0 bridgehead atoms. The molecule has 0 spiro atoms. The monoisotopic (exact) mass is 202 g/mol. The summed E-state index contributed by atoms with van der Waals surface area (Å²) in [6.45, 7) is 4.41. The maximum absolute atomic E-state index is 6.17. The lowest BCUT2D eigenvalue weighted by molar-refractivity contribution is 0.613. The summed E-state index contributed by atoms with van der Waals surface area (Å²) >= 11 is 0. The molecule has 0 heterocycles. The minimum atomic E-state index is 0.290. The van der Waals surface area contributed by atoms with Crippen molar-refractivity contribution in [2.75, 3.05) is 0 Å². The molecule has 1 heteroatoms. The fraction of sp³-hybridized carbons (Fsp3) is 0.714. The van der Waals surface area contributed by atoms with E-state index in [2.05, 4.69) is 26.0 Å². The topological polar surface area (TPSA) is 0 Å². The van der Waals surface area contributed by atoms with Gasteiger partial charge in [-0.25, -0.2) is 0 Å². The summed E-state index contributed by atoms with van der Waals surface area (Å²) in [5.74, 6) is 0.290. The summed E-state index contributed by atoms with van der Waals surface area (Å²) in [7, 11) is 6.17. The van der Waals surface area contributed by atoms with Crippen molar-refractivity contribution < 1.29 is 0 Å². The molecule has 0 fully saturated rings. The van der Waals surface area contributed by atoms with E-state index in [1.165, 1.54) is 43.3 Å². The molecule has 1 unspecified atom stereocenters. The molecule has 0 aromatic carbocycles. The Morgan fingerprint density at radius 2 is 1.80 bits per heavy atom. The van der Waals surface area contributed by atoms with Crippen LogP contribution >= 0.6 is 0 Å². The van der Waals surface area contributed by atoms with Gasteiger partial charge in [0.05, 0.1) is 7.85 Å². The smallest absolute Gasteiger partial charge is 0.0758 e. The van der Waals surface area contributed by atoms with Crippen LogP contribution in [0.5, 0.6) is 0 Å². The van der Waals surface area contributed by atoms with Crippen LogP contribution in [0.1, 0.15) is 58.8 Å². The van der Waals surface area contributed by atoms with Gasteiger partial charge in [0.2, 0.25) is 0 Å². The van der Waals surface area contributed by atoms with E-state index in [0.29, 0.717) is 0 Å². The summed E-state index contributed by atoms with van der Waals surface area (Å²) in [4.78, 5) is 0. The van der Waals surface area contributed by atoms with Gasteiger partial charge in [0.25, 0.3) is 0 Å². The molecular formula is C14H23B. The number of allylic oxidation sites excluding steroid dienone is 4. The fourth-order valence-electron chi connectivity index (χ4n) is 2.05. The van der Waals surface area contributed by atoms with E-state index < -0.39 is 0 Å².